The molecule has 1 aromatic carbocycles. The Bertz CT molecular complexity index is 450. The Labute approximate surface area is 93.9 Å². The maximum absolute atomic E-state index is 5.61. The number of anilines is 1. The Hall–Kier alpha value is -1.22. The molecule has 15 heavy (non-hydrogen) atoms. The molecule has 3 nitrogen and oxygen atoms in total. The number of hydrogen-bond acceptors (Lipinski definition) is 2. The van der Waals surface area contributed by atoms with E-state index in [0.29, 0.717) is 5.88 Å². The van der Waals surface area contributed by atoms with Crippen molar-refractivity contribution in [3.63, 3.8) is 0 Å². The summed E-state index contributed by atoms with van der Waals surface area (Å²) in [5, 5.41) is 3.31. The largest absolute Gasteiger partial charge is 0.385 e. The summed E-state index contributed by atoms with van der Waals surface area (Å²) in [7, 11) is 0. The predicted octanol–water partition coefficient (Wildman–Crippen LogP) is 2.91. The minimum absolute atomic E-state index is 0.693. The van der Waals surface area contributed by atoms with Crippen LogP contribution in [0.4, 0.5) is 5.69 Å². The second-order valence-corrected chi connectivity index (χ2v) is 3.90. The fourth-order valence-corrected chi connectivity index (χ4v) is 1.68. The highest BCUT2D eigenvalue weighted by Crippen LogP contribution is 2.16. The molecule has 0 aliphatic rings. The second kappa shape index (κ2) is 4.53. The van der Waals surface area contributed by atoms with Crippen molar-refractivity contribution in [3.8, 4) is 0 Å². The van der Waals surface area contributed by atoms with Gasteiger partial charge in [0.05, 0.1) is 11.0 Å². The summed E-state index contributed by atoms with van der Waals surface area (Å²) >= 11 is 5.61. The SMILES string of the molecule is Cc1nc2ccc(NCCCCl)cc2[nH]1. The molecule has 0 aliphatic carbocycles. The summed E-state index contributed by atoms with van der Waals surface area (Å²) in [4.78, 5) is 7.56. The average Bonchev–Trinajstić information content (AvgIpc) is 2.57. The Morgan fingerprint density at radius 2 is 2.33 bits per heavy atom. The van der Waals surface area contributed by atoms with E-state index >= 15 is 0 Å². The molecule has 0 amide bonds. The fraction of sp³-hybridized carbons (Fsp3) is 0.364. The molecule has 0 aliphatic heterocycles. The first-order valence-corrected chi connectivity index (χ1v) is 5.59. The number of hydrogen-bond donors (Lipinski definition) is 2. The van der Waals surface area contributed by atoms with Gasteiger partial charge >= 0.3 is 0 Å². The lowest BCUT2D eigenvalue weighted by molar-refractivity contribution is 0.987. The first kappa shape index (κ1) is 10.3. The summed E-state index contributed by atoms with van der Waals surface area (Å²) in [6, 6.07) is 6.13. The average molecular weight is 224 g/mol. The zero-order valence-corrected chi connectivity index (χ0v) is 9.43. The van der Waals surface area contributed by atoms with Gasteiger partial charge in [0.25, 0.3) is 0 Å². The highest BCUT2D eigenvalue weighted by molar-refractivity contribution is 6.17. The normalized spacial score (nSPS) is 10.8. The number of aryl methyl sites for hydroxylation is 1. The van der Waals surface area contributed by atoms with Crippen LogP contribution in [0.3, 0.4) is 0 Å². The molecule has 0 atom stereocenters. The van der Waals surface area contributed by atoms with E-state index in [4.69, 9.17) is 11.6 Å². The van der Waals surface area contributed by atoms with Crippen LogP contribution in [0.15, 0.2) is 18.2 Å². The summed E-state index contributed by atoms with van der Waals surface area (Å²) in [5.74, 6) is 1.64. The zero-order chi connectivity index (χ0) is 10.7. The summed E-state index contributed by atoms with van der Waals surface area (Å²) in [6.07, 6.45) is 0.974. The molecule has 0 bridgehead atoms. The third-order valence-corrected chi connectivity index (χ3v) is 2.51. The van der Waals surface area contributed by atoms with Crippen molar-refractivity contribution in [1.82, 2.24) is 9.97 Å². The van der Waals surface area contributed by atoms with E-state index < -0.39 is 0 Å². The van der Waals surface area contributed by atoms with Gasteiger partial charge in [0.1, 0.15) is 5.82 Å². The number of aromatic amines is 1. The third-order valence-electron chi connectivity index (χ3n) is 2.24. The molecule has 0 spiro atoms. The molecule has 1 heterocycles. The van der Waals surface area contributed by atoms with Gasteiger partial charge in [-0.2, -0.15) is 0 Å². The number of benzene rings is 1. The van der Waals surface area contributed by atoms with Crippen molar-refractivity contribution in [2.45, 2.75) is 13.3 Å². The maximum Gasteiger partial charge on any atom is 0.104 e. The van der Waals surface area contributed by atoms with E-state index in [1.54, 1.807) is 0 Å². The van der Waals surface area contributed by atoms with Gasteiger partial charge in [0.2, 0.25) is 0 Å². The first-order chi connectivity index (χ1) is 7.29. The van der Waals surface area contributed by atoms with Crippen molar-refractivity contribution in [1.29, 1.82) is 0 Å². The lowest BCUT2D eigenvalue weighted by Crippen LogP contribution is -2.01. The Balaban J connectivity index is 2.15. The fourth-order valence-electron chi connectivity index (χ4n) is 1.55. The van der Waals surface area contributed by atoms with E-state index in [1.165, 1.54) is 0 Å². The van der Waals surface area contributed by atoms with Crippen LogP contribution >= 0.6 is 11.6 Å². The molecule has 2 N–H and O–H groups in total. The molecule has 0 unspecified atom stereocenters. The summed E-state index contributed by atoms with van der Waals surface area (Å²) in [6.45, 7) is 2.86. The topological polar surface area (TPSA) is 40.7 Å². The van der Waals surface area contributed by atoms with Crippen LogP contribution in [0.5, 0.6) is 0 Å². The number of nitrogens with zero attached hydrogens (tertiary/aromatic N) is 1. The number of halogens is 1. The predicted molar refractivity (Wildman–Crippen MR) is 64.7 cm³/mol. The van der Waals surface area contributed by atoms with Crippen molar-refractivity contribution in [2.24, 2.45) is 0 Å². The third kappa shape index (κ3) is 2.42. The van der Waals surface area contributed by atoms with Gasteiger partial charge in [0, 0.05) is 18.1 Å². The molecule has 2 aromatic rings. The van der Waals surface area contributed by atoms with Crippen molar-refractivity contribution >= 4 is 28.3 Å². The molecule has 0 radical (unpaired) electrons. The van der Waals surface area contributed by atoms with Crippen LogP contribution < -0.4 is 5.32 Å². The summed E-state index contributed by atoms with van der Waals surface area (Å²) in [5.41, 5.74) is 3.19. The van der Waals surface area contributed by atoms with E-state index in [0.717, 1.165) is 35.5 Å². The van der Waals surface area contributed by atoms with Gasteiger partial charge in [-0.15, -0.1) is 11.6 Å². The standard InChI is InChI=1S/C11H14ClN3/c1-8-14-10-4-3-9(7-11(10)15-8)13-6-2-5-12/h3-4,7,13H,2,5-6H2,1H3,(H,14,15). The number of imidazole rings is 1. The Morgan fingerprint density at radius 3 is 3.13 bits per heavy atom. The van der Waals surface area contributed by atoms with E-state index in [-0.39, 0.29) is 0 Å². The van der Waals surface area contributed by atoms with E-state index in [1.807, 2.05) is 19.1 Å². The highest BCUT2D eigenvalue weighted by Gasteiger charge is 1.99. The van der Waals surface area contributed by atoms with Crippen LogP contribution in [0.25, 0.3) is 11.0 Å². The maximum atomic E-state index is 5.61. The smallest absolute Gasteiger partial charge is 0.104 e. The van der Waals surface area contributed by atoms with Gasteiger partial charge < -0.3 is 10.3 Å². The van der Waals surface area contributed by atoms with E-state index in [2.05, 4.69) is 21.4 Å². The van der Waals surface area contributed by atoms with Crippen LogP contribution in [-0.4, -0.2) is 22.4 Å². The Kier molecular flexibility index (Phi) is 3.11. The van der Waals surface area contributed by atoms with Crippen molar-refractivity contribution in [3.05, 3.63) is 24.0 Å². The number of H-pyrrole nitrogens is 1. The molecule has 0 fully saturated rings. The van der Waals surface area contributed by atoms with Gasteiger partial charge in [-0.1, -0.05) is 0 Å². The molecule has 4 heteroatoms. The minimum Gasteiger partial charge on any atom is -0.385 e. The molecule has 0 saturated carbocycles. The second-order valence-electron chi connectivity index (χ2n) is 3.52. The van der Waals surface area contributed by atoms with Crippen LogP contribution in [0.1, 0.15) is 12.2 Å². The van der Waals surface area contributed by atoms with Crippen molar-refractivity contribution < 1.29 is 0 Å². The van der Waals surface area contributed by atoms with E-state index in [9.17, 15) is 0 Å². The van der Waals surface area contributed by atoms with Crippen LogP contribution in [0.2, 0.25) is 0 Å². The lowest BCUT2D eigenvalue weighted by atomic mass is 10.2. The van der Waals surface area contributed by atoms with Gasteiger partial charge in [-0.25, -0.2) is 4.98 Å². The lowest BCUT2D eigenvalue weighted by Gasteiger charge is -2.04. The molecule has 2 rings (SSSR count). The molecule has 0 saturated heterocycles. The number of alkyl halides is 1. The van der Waals surface area contributed by atoms with Gasteiger partial charge in [0.15, 0.2) is 0 Å². The quantitative estimate of drug-likeness (QED) is 0.618. The number of rotatable bonds is 4. The molecule has 80 valence electrons. The number of nitrogens with one attached hydrogen (secondary N) is 2. The van der Waals surface area contributed by atoms with Crippen LogP contribution in [-0.2, 0) is 0 Å². The molecular formula is C11H14ClN3. The monoisotopic (exact) mass is 223 g/mol. The first-order valence-electron chi connectivity index (χ1n) is 5.06. The number of aromatic nitrogens is 2. The van der Waals surface area contributed by atoms with Crippen LogP contribution in [0, 0.1) is 6.92 Å². The summed E-state index contributed by atoms with van der Waals surface area (Å²) < 4.78 is 0. The molecule has 1 aromatic heterocycles. The Morgan fingerprint density at radius 1 is 1.47 bits per heavy atom. The highest BCUT2D eigenvalue weighted by atomic mass is 35.5. The van der Waals surface area contributed by atoms with Gasteiger partial charge in [-0.3, -0.25) is 0 Å². The minimum atomic E-state index is 0.693. The zero-order valence-electron chi connectivity index (χ0n) is 8.68. The van der Waals surface area contributed by atoms with Gasteiger partial charge in [-0.05, 0) is 31.5 Å². The van der Waals surface area contributed by atoms with Crippen molar-refractivity contribution in [2.75, 3.05) is 17.7 Å². The molecular weight excluding hydrogens is 210 g/mol. The number of fused-ring (bicyclic) bond motifs is 1.